The van der Waals surface area contributed by atoms with Crippen molar-refractivity contribution in [2.24, 2.45) is 11.7 Å². The van der Waals surface area contributed by atoms with Crippen molar-refractivity contribution in [1.29, 1.82) is 0 Å². The van der Waals surface area contributed by atoms with Gasteiger partial charge in [-0.15, -0.1) is 0 Å². The second-order valence-corrected chi connectivity index (χ2v) is 4.94. The van der Waals surface area contributed by atoms with Crippen molar-refractivity contribution < 1.29 is 5.11 Å². The van der Waals surface area contributed by atoms with Gasteiger partial charge < -0.3 is 10.8 Å². The smallest absolute Gasteiger partial charge is 0.123 e. The van der Waals surface area contributed by atoms with Crippen LogP contribution in [-0.2, 0) is 0 Å². The molecule has 1 aliphatic carbocycles. The second-order valence-electron chi connectivity index (χ2n) is 4.94. The van der Waals surface area contributed by atoms with Crippen molar-refractivity contribution in [2.45, 2.75) is 45.1 Å². The van der Waals surface area contributed by atoms with Crippen LogP contribution in [0.25, 0.3) is 0 Å². The van der Waals surface area contributed by atoms with Gasteiger partial charge in [-0.2, -0.15) is 0 Å². The monoisotopic (exact) mass is 219 g/mol. The second kappa shape index (κ2) is 4.88. The molecule has 1 aromatic rings. The lowest BCUT2D eigenvalue weighted by Gasteiger charge is -2.28. The maximum Gasteiger partial charge on any atom is 0.123 e. The van der Waals surface area contributed by atoms with E-state index >= 15 is 0 Å². The van der Waals surface area contributed by atoms with E-state index in [9.17, 15) is 5.11 Å². The Kier molecular flexibility index (Phi) is 3.49. The van der Waals surface area contributed by atoms with Crippen LogP contribution in [0.3, 0.4) is 0 Å². The number of rotatable bonds is 2. The Bertz CT molecular complexity index is 356. The van der Waals surface area contributed by atoms with E-state index in [1.54, 1.807) is 0 Å². The lowest BCUT2D eigenvalue weighted by Crippen LogP contribution is -2.23. The summed E-state index contributed by atoms with van der Waals surface area (Å²) >= 11 is 0. The molecule has 0 amide bonds. The van der Waals surface area contributed by atoms with E-state index in [1.807, 2.05) is 25.1 Å². The minimum Gasteiger partial charge on any atom is -0.507 e. The van der Waals surface area contributed by atoms with Gasteiger partial charge >= 0.3 is 0 Å². The summed E-state index contributed by atoms with van der Waals surface area (Å²) in [7, 11) is 0. The number of hydrogen-bond acceptors (Lipinski definition) is 2. The summed E-state index contributed by atoms with van der Waals surface area (Å²) in [6.07, 6.45) is 6.31. The van der Waals surface area contributed by atoms with E-state index in [1.165, 1.54) is 32.1 Å². The first-order chi connectivity index (χ1) is 7.70. The van der Waals surface area contributed by atoms with Gasteiger partial charge in [-0.1, -0.05) is 37.5 Å². The Hall–Kier alpha value is -1.02. The highest BCUT2D eigenvalue weighted by atomic mass is 16.3. The first-order valence-electron chi connectivity index (χ1n) is 6.24. The molecule has 0 aliphatic heterocycles. The molecule has 2 heteroatoms. The van der Waals surface area contributed by atoms with Crippen LogP contribution in [0, 0.1) is 12.8 Å². The maximum atomic E-state index is 10.0. The Morgan fingerprint density at radius 3 is 2.62 bits per heavy atom. The third-order valence-corrected chi connectivity index (χ3v) is 3.79. The summed E-state index contributed by atoms with van der Waals surface area (Å²) in [5, 5.41) is 10.0. The Balaban J connectivity index is 2.19. The van der Waals surface area contributed by atoms with Crippen LogP contribution >= 0.6 is 0 Å². The molecule has 2 rings (SSSR count). The molecule has 88 valence electrons. The van der Waals surface area contributed by atoms with Crippen LogP contribution in [0.1, 0.15) is 49.3 Å². The maximum absolute atomic E-state index is 10.0. The number of aryl methyl sites for hydroxylation is 1. The molecule has 1 saturated carbocycles. The molecule has 2 nitrogen and oxygen atoms in total. The molecule has 0 bridgehead atoms. The fourth-order valence-corrected chi connectivity index (χ4v) is 2.70. The topological polar surface area (TPSA) is 46.2 Å². The Labute approximate surface area is 97.5 Å². The summed E-state index contributed by atoms with van der Waals surface area (Å²) in [4.78, 5) is 0. The quantitative estimate of drug-likeness (QED) is 0.801. The molecule has 0 unspecified atom stereocenters. The molecule has 1 aromatic carbocycles. The van der Waals surface area contributed by atoms with E-state index < -0.39 is 0 Å². The lowest BCUT2D eigenvalue weighted by atomic mass is 9.81. The van der Waals surface area contributed by atoms with Gasteiger partial charge in [0.25, 0.3) is 0 Å². The number of para-hydroxylation sites is 1. The molecule has 1 atom stereocenters. The molecule has 16 heavy (non-hydrogen) atoms. The van der Waals surface area contributed by atoms with Gasteiger partial charge in [-0.05, 0) is 31.2 Å². The predicted molar refractivity (Wildman–Crippen MR) is 66.3 cm³/mol. The number of phenols is 1. The fraction of sp³-hybridized carbons (Fsp3) is 0.571. The molecule has 0 aromatic heterocycles. The van der Waals surface area contributed by atoms with Gasteiger partial charge in [0, 0.05) is 11.6 Å². The van der Waals surface area contributed by atoms with Crippen LogP contribution in [0.5, 0.6) is 5.75 Å². The summed E-state index contributed by atoms with van der Waals surface area (Å²) in [5.41, 5.74) is 8.12. The van der Waals surface area contributed by atoms with Gasteiger partial charge in [-0.25, -0.2) is 0 Å². The van der Waals surface area contributed by atoms with E-state index in [0.29, 0.717) is 11.7 Å². The normalized spacial score (nSPS) is 19.6. The van der Waals surface area contributed by atoms with Gasteiger partial charge in [-0.3, -0.25) is 0 Å². The summed E-state index contributed by atoms with van der Waals surface area (Å²) in [5.74, 6) is 0.932. The van der Waals surface area contributed by atoms with Gasteiger partial charge in [0.15, 0.2) is 0 Å². The molecule has 1 fully saturated rings. The molecule has 0 radical (unpaired) electrons. The first-order valence-corrected chi connectivity index (χ1v) is 6.24. The van der Waals surface area contributed by atoms with Crippen LogP contribution < -0.4 is 5.73 Å². The van der Waals surface area contributed by atoms with Crippen LogP contribution in [0.2, 0.25) is 0 Å². The average Bonchev–Trinajstić information content (AvgIpc) is 2.33. The standard InChI is InChI=1S/C14H21NO/c1-10-6-5-9-12(14(10)16)13(15)11-7-3-2-4-8-11/h5-6,9,11,13,16H,2-4,7-8,15H2,1H3/t13-/m0/s1. The summed E-state index contributed by atoms with van der Waals surface area (Å²) in [6.45, 7) is 1.92. The highest BCUT2D eigenvalue weighted by Crippen LogP contribution is 2.36. The predicted octanol–water partition coefficient (Wildman–Crippen LogP) is 3.28. The highest BCUT2D eigenvalue weighted by Gasteiger charge is 2.23. The molecule has 1 aliphatic rings. The minimum atomic E-state index is 0.000185. The van der Waals surface area contributed by atoms with Gasteiger partial charge in [0.05, 0.1) is 0 Å². The summed E-state index contributed by atoms with van der Waals surface area (Å²) in [6, 6.07) is 5.86. The minimum absolute atomic E-state index is 0.000185. The zero-order chi connectivity index (χ0) is 11.5. The number of aromatic hydroxyl groups is 1. The Morgan fingerprint density at radius 2 is 1.94 bits per heavy atom. The van der Waals surface area contributed by atoms with E-state index in [0.717, 1.165) is 11.1 Å². The molecular weight excluding hydrogens is 198 g/mol. The average molecular weight is 219 g/mol. The molecule has 0 spiro atoms. The highest BCUT2D eigenvalue weighted by molar-refractivity contribution is 5.41. The lowest BCUT2D eigenvalue weighted by molar-refractivity contribution is 0.303. The molecular formula is C14H21NO. The van der Waals surface area contributed by atoms with Crippen molar-refractivity contribution in [2.75, 3.05) is 0 Å². The van der Waals surface area contributed by atoms with Crippen LogP contribution in [-0.4, -0.2) is 5.11 Å². The number of benzene rings is 1. The van der Waals surface area contributed by atoms with Crippen molar-refractivity contribution in [3.8, 4) is 5.75 Å². The van der Waals surface area contributed by atoms with Gasteiger partial charge in [0.1, 0.15) is 5.75 Å². The van der Waals surface area contributed by atoms with E-state index in [4.69, 9.17) is 5.73 Å². The largest absolute Gasteiger partial charge is 0.507 e. The first kappa shape index (κ1) is 11.5. The third-order valence-electron chi connectivity index (χ3n) is 3.79. The van der Waals surface area contributed by atoms with Gasteiger partial charge in [0.2, 0.25) is 0 Å². The van der Waals surface area contributed by atoms with Crippen molar-refractivity contribution in [1.82, 2.24) is 0 Å². The van der Waals surface area contributed by atoms with E-state index in [-0.39, 0.29) is 6.04 Å². The zero-order valence-corrected chi connectivity index (χ0v) is 9.95. The van der Waals surface area contributed by atoms with Crippen molar-refractivity contribution in [3.05, 3.63) is 29.3 Å². The third kappa shape index (κ3) is 2.22. The van der Waals surface area contributed by atoms with E-state index in [2.05, 4.69) is 0 Å². The number of phenolic OH excluding ortho intramolecular Hbond substituents is 1. The SMILES string of the molecule is Cc1cccc([C@@H](N)C2CCCCC2)c1O. The Morgan fingerprint density at radius 1 is 1.25 bits per heavy atom. The van der Waals surface area contributed by atoms with Crippen molar-refractivity contribution >= 4 is 0 Å². The fourth-order valence-electron chi connectivity index (χ4n) is 2.70. The zero-order valence-electron chi connectivity index (χ0n) is 9.95. The van der Waals surface area contributed by atoms with Crippen molar-refractivity contribution in [3.63, 3.8) is 0 Å². The summed E-state index contributed by atoms with van der Waals surface area (Å²) < 4.78 is 0. The van der Waals surface area contributed by atoms with Crippen LogP contribution in [0.4, 0.5) is 0 Å². The molecule has 3 N–H and O–H groups in total. The number of hydrogen-bond donors (Lipinski definition) is 2. The molecule has 0 saturated heterocycles. The number of nitrogens with two attached hydrogens (primary N) is 1. The molecule has 0 heterocycles. The van der Waals surface area contributed by atoms with Crippen LogP contribution in [0.15, 0.2) is 18.2 Å².